The van der Waals surface area contributed by atoms with Crippen molar-refractivity contribution in [2.24, 2.45) is 0 Å². The molecule has 564 valence electrons. The largest absolute Gasteiger partial charge is 0.478 e. The molecule has 7 heterocycles. The van der Waals surface area contributed by atoms with Crippen LogP contribution in [0, 0.1) is 17.5 Å². The minimum atomic E-state index is -1.25. The van der Waals surface area contributed by atoms with Gasteiger partial charge in [0.25, 0.3) is 17.1 Å². The highest BCUT2D eigenvalue weighted by Crippen LogP contribution is 2.40. The smallest absolute Gasteiger partial charge is 0.356 e. The Bertz CT molecular complexity index is 5390. The van der Waals surface area contributed by atoms with Crippen molar-refractivity contribution in [3.05, 3.63) is 265 Å². The summed E-state index contributed by atoms with van der Waals surface area (Å²) in [6.45, 7) is 2.83. The number of nitrogens with one attached hydrogen (secondary N) is 2. The molecule has 0 saturated carbocycles. The van der Waals surface area contributed by atoms with Crippen molar-refractivity contribution in [3.63, 3.8) is 0 Å². The van der Waals surface area contributed by atoms with Crippen molar-refractivity contribution in [1.29, 1.82) is 0 Å². The van der Waals surface area contributed by atoms with Crippen LogP contribution < -0.4 is 16.4 Å². The Kier molecular flexibility index (Phi) is 34.3. The summed E-state index contributed by atoms with van der Waals surface area (Å²) in [4.78, 5) is 115. The molecule has 0 bridgehead atoms. The predicted molar refractivity (Wildman–Crippen MR) is 436 cm³/mol. The molecule has 6 N–H and O–H groups in total. The van der Waals surface area contributed by atoms with Crippen LogP contribution in [0.4, 0.5) is 28.2 Å². The molecule has 2 amide bonds. The van der Waals surface area contributed by atoms with Gasteiger partial charge in [0.2, 0.25) is 0 Å². The van der Waals surface area contributed by atoms with Gasteiger partial charge in [0.05, 0.1) is 116 Å². The number of Topliss-reactive ketones (excluding diaryl/α,β-unsaturated/α-hetero) is 2. The van der Waals surface area contributed by atoms with Crippen LogP contribution in [0.5, 0.6) is 0 Å². The van der Waals surface area contributed by atoms with Gasteiger partial charge in [-0.25, -0.2) is 42.7 Å². The monoisotopic (exact) mass is 1740 g/mol. The molecule has 14 rings (SSSR count). The molecule has 0 atom stereocenters. The third kappa shape index (κ3) is 24.2. The van der Waals surface area contributed by atoms with Gasteiger partial charge in [-0.1, -0.05) is 102 Å². The molecule has 0 aliphatic heterocycles. The number of carbonyl (C=O) groups is 7. The minimum Gasteiger partial charge on any atom is -0.478 e. The number of para-hydroxylation sites is 8. The number of carboxylic acids is 2. The van der Waals surface area contributed by atoms with Crippen LogP contribution in [-0.2, 0) is 0 Å². The van der Waals surface area contributed by atoms with E-state index in [1.807, 2.05) is 42.5 Å². The van der Waals surface area contributed by atoms with Crippen molar-refractivity contribution in [2.75, 3.05) is 32.4 Å². The van der Waals surface area contributed by atoms with E-state index >= 15 is 0 Å². The van der Waals surface area contributed by atoms with Crippen molar-refractivity contribution in [3.8, 4) is 33.4 Å². The maximum Gasteiger partial charge on any atom is 0.356 e. The number of nitrogen functional groups attached to an aromatic ring is 1. The second kappa shape index (κ2) is 43.1. The summed E-state index contributed by atoms with van der Waals surface area (Å²) in [5, 5.41) is 29.5. The Morgan fingerprint density at radius 1 is 0.400 bits per heavy atom. The number of rotatable bonds is 12. The molecule has 14 aromatic rings. The SMILES string of the molecule is CC(=O)c1c(-c2ccc(Cl)c(F)c2)csc1N.CC(=O)c1c(-c2ccc(Cl)c(F)c2)csc1NC(=O)c1cnc2ccccc2n1.ClCCl.ClCCl.ClCCl.O=C(Cl)c1cnc2ccccc2n1.O=C(Nc1scc(-c2ccc(Cl)c(F)c2)c1C(=O)O)c1cnc2ccccc2n1.O=C(O)c1cnc2ccccc2n1. The van der Waals surface area contributed by atoms with Gasteiger partial charge < -0.3 is 26.6 Å². The summed E-state index contributed by atoms with van der Waals surface area (Å²) in [6, 6.07) is 41.5. The number of fused-ring (bicyclic) bond motifs is 4. The van der Waals surface area contributed by atoms with Crippen LogP contribution in [0.1, 0.15) is 86.9 Å². The molecular weight excluding hydrogens is 1690 g/mol. The number of aromatic nitrogens is 8. The van der Waals surface area contributed by atoms with E-state index in [9.17, 15) is 51.8 Å². The lowest BCUT2D eigenvalue weighted by Gasteiger charge is -2.07. The highest BCUT2D eigenvalue weighted by molar-refractivity contribution is 7.16. The first-order chi connectivity index (χ1) is 52.7. The van der Waals surface area contributed by atoms with Crippen molar-refractivity contribution < 1.29 is 56.9 Å². The number of ketones is 2. The fourth-order valence-corrected chi connectivity index (χ4v) is 12.7. The molecule has 7 aromatic carbocycles. The second-order valence-electron chi connectivity index (χ2n) is 21.2. The molecule has 0 aliphatic carbocycles. The van der Waals surface area contributed by atoms with E-state index in [0.717, 1.165) is 22.9 Å². The van der Waals surface area contributed by atoms with Crippen LogP contribution in [0.3, 0.4) is 0 Å². The fraction of sp³-hybridized carbons (Fsp3) is 0.0676. The van der Waals surface area contributed by atoms with Gasteiger partial charge >= 0.3 is 11.9 Å². The van der Waals surface area contributed by atoms with Crippen molar-refractivity contribution in [2.45, 2.75) is 13.8 Å². The van der Waals surface area contributed by atoms with Gasteiger partial charge in [0.1, 0.15) is 50.1 Å². The predicted octanol–water partition coefficient (Wildman–Crippen LogP) is 22.3. The number of hydrogen-bond acceptors (Lipinski definition) is 19. The third-order valence-electron chi connectivity index (χ3n) is 14.1. The van der Waals surface area contributed by atoms with Crippen LogP contribution in [0.2, 0.25) is 15.1 Å². The first kappa shape index (κ1) is 87.6. The molecule has 0 saturated heterocycles. The maximum absolute atomic E-state index is 13.9. The number of carboxylic acid groups (broad SMARTS) is 2. The number of carbonyl (C=O) groups excluding carboxylic acids is 5. The zero-order chi connectivity index (χ0) is 80.3. The number of anilines is 3. The van der Waals surface area contributed by atoms with Gasteiger partial charge in [-0.15, -0.1) is 104 Å². The highest BCUT2D eigenvalue weighted by atomic mass is 35.5. The average Bonchev–Trinajstić information content (AvgIpc) is 1.68. The number of benzene rings is 7. The highest BCUT2D eigenvalue weighted by Gasteiger charge is 2.25. The summed E-state index contributed by atoms with van der Waals surface area (Å²) < 4.78 is 41.0. The lowest BCUT2D eigenvalue weighted by atomic mass is 10.0. The Balaban J connectivity index is 0.000000193. The number of nitrogens with zero attached hydrogens (tertiary/aromatic N) is 8. The maximum atomic E-state index is 13.9. The second-order valence-corrected chi connectivity index (χ2v) is 27.8. The lowest BCUT2D eigenvalue weighted by Crippen LogP contribution is -2.15. The number of nitrogens with two attached hydrogens (primary N) is 1. The molecule has 0 spiro atoms. The molecule has 20 nitrogen and oxygen atoms in total. The quantitative estimate of drug-likeness (QED) is 0.0431. The fourth-order valence-electron chi connectivity index (χ4n) is 9.41. The van der Waals surface area contributed by atoms with Gasteiger partial charge in [0, 0.05) is 32.8 Å². The van der Waals surface area contributed by atoms with E-state index in [1.165, 1.54) is 103 Å². The van der Waals surface area contributed by atoms with E-state index < -0.39 is 46.4 Å². The Morgan fingerprint density at radius 3 is 1.00 bits per heavy atom. The molecular formula is C74H50Cl10F3N11O9S3. The number of thiophene rings is 3. The Morgan fingerprint density at radius 2 is 0.682 bits per heavy atom. The van der Waals surface area contributed by atoms with Crippen LogP contribution in [-0.4, -0.2) is 107 Å². The normalized spacial score (nSPS) is 10.2. The van der Waals surface area contributed by atoms with Gasteiger partial charge in [-0.3, -0.25) is 43.9 Å². The first-order valence-electron chi connectivity index (χ1n) is 30.7. The Hall–Kier alpha value is -9.62. The summed E-state index contributed by atoms with van der Waals surface area (Å²) in [6.07, 6.45) is 5.33. The van der Waals surface area contributed by atoms with Crippen molar-refractivity contribution in [1.82, 2.24) is 39.9 Å². The molecule has 0 aliphatic rings. The zero-order valence-corrected chi connectivity index (χ0v) is 66.2. The summed E-state index contributed by atoms with van der Waals surface area (Å²) in [5.74, 6) is -5.53. The number of hydrogen-bond donors (Lipinski definition) is 5. The lowest BCUT2D eigenvalue weighted by molar-refractivity contribution is 0.0683. The van der Waals surface area contributed by atoms with Crippen LogP contribution in [0.25, 0.3) is 77.5 Å². The zero-order valence-electron chi connectivity index (χ0n) is 56.1. The number of halogens is 13. The van der Waals surface area contributed by atoms with Crippen LogP contribution >= 0.6 is 150 Å². The number of alkyl halides is 6. The summed E-state index contributed by atoms with van der Waals surface area (Å²) >= 11 is 54.4. The van der Waals surface area contributed by atoms with E-state index in [4.69, 9.17) is 127 Å². The summed E-state index contributed by atoms with van der Waals surface area (Å²) in [5.41, 5.74) is 14.7. The van der Waals surface area contributed by atoms with Gasteiger partial charge in [-0.2, -0.15) is 0 Å². The Labute approximate surface area is 684 Å². The third-order valence-corrected chi connectivity index (χ3v) is 17.9. The number of aromatic carboxylic acids is 2. The topological polar surface area (TPSA) is 313 Å². The van der Waals surface area contributed by atoms with Crippen molar-refractivity contribution >= 4 is 250 Å². The molecule has 0 radical (unpaired) electrons. The van der Waals surface area contributed by atoms with Crippen LogP contribution in [0.15, 0.2) is 193 Å². The molecule has 0 unspecified atom stereocenters. The van der Waals surface area contributed by atoms with E-state index in [2.05, 4.69) is 50.5 Å². The molecule has 0 fully saturated rings. The average molecular weight is 1750 g/mol. The minimum absolute atomic E-state index is 0.00300. The summed E-state index contributed by atoms with van der Waals surface area (Å²) in [7, 11) is 0. The number of amides is 2. The van der Waals surface area contributed by atoms with Gasteiger partial charge in [-0.05, 0) is 127 Å². The van der Waals surface area contributed by atoms with E-state index in [0.29, 0.717) is 87.6 Å². The molecule has 7 aromatic heterocycles. The first-order valence-corrected chi connectivity index (χ1v) is 38.0. The molecule has 110 heavy (non-hydrogen) atoms. The molecule has 36 heteroatoms. The van der Waals surface area contributed by atoms with Gasteiger partial charge in [0.15, 0.2) is 17.3 Å². The van der Waals surface area contributed by atoms with E-state index in [-0.39, 0.29) is 81.6 Å². The standard InChI is InChI=1S/C21H13ClFN3O2S.C20H11ClFN3O3S.C12H9ClFNOS.C9H5ClN2O.C9H6N2O2.3CH2Cl2/c1-11(27)19-13(12-6-7-14(22)15(23)8-12)10-29-21(19)26-20(28)18-9-24-16-4-2-3-5-17(16)25-18;21-12-6-5-10(7-13(12)22)11-9-29-19(17(11)20(27)28)25-18(26)16-8-23-14-3-1-2-4-15(14)24-16;1-6(16)11-8(5-17-12(11)15)7-2-3-9(13)10(14)4-7;10-9(13)8-5-11-6-3-1-2-4-7(6)12-8;12-9(13)8-5-10-6-3-1-2-4-7(6)11-8;3*2-1-3/h2-10H,1H3,(H,26,28);1-9H,(H,25,26)(H,27,28);2-5H,15H2,1H3;1-5H;1-5H,(H,12,13);3*1H2. The van der Waals surface area contributed by atoms with E-state index in [1.54, 1.807) is 77.5 Å².